The third-order valence-corrected chi connectivity index (χ3v) is 5.04. The van der Waals surface area contributed by atoms with Gasteiger partial charge in [0.2, 0.25) is 5.91 Å². The molecule has 1 aliphatic rings. The van der Waals surface area contributed by atoms with Gasteiger partial charge in [0.25, 0.3) is 0 Å². The lowest BCUT2D eigenvalue weighted by molar-refractivity contribution is -0.139. The monoisotopic (exact) mass is 370 g/mol. The Bertz CT molecular complexity index is 821. The van der Waals surface area contributed by atoms with Crippen molar-refractivity contribution in [2.75, 3.05) is 7.11 Å². The highest BCUT2D eigenvalue weighted by Gasteiger charge is 2.39. The van der Waals surface area contributed by atoms with Crippen LogP contribution in [0.2, 0.25) is 0 Å². The van der Waals surface area contributed by atoms with E-state index in [2.05, 4.69) is 4.99 Å². The number of hydrogen-bond acceptors (Lipinski definition) is 5. The first kappa shape index (κ1) is 18.0. The largest absolute Gasteiger partial charge is 0.497 e. The molecular weight excluding hydrogens is 352 g/mol. The van der Waals surface area contributed by atoms with Crippen molar-refractivity contribution in [2.45, 2.75) is 18.2 Å². The molecule has 0 aromatic heterocycles. The fourth-order valence-electron chi connectivity index (χ4n) is 2.56. The molecular formula is C19H18N2O4S. The summed E-state index contributed by atoms with van der Waals surface area (Å²) in [5, 5.41) is 8.92. The van der Waals surface area contributed by atoms with Crippen molar-refractivity contribution >= 4 is 34.5 Å². The number of rotatable bonds is 6. The summed E-state index contributed by atoms with van der Waals surface area (Å²) in [7, 11) is 1.59. The highest BCUT2D eigenvalue weighted by atomic mass is 32.2. The van der Waals surface area contributed by atoms with Crippen LogP contribution >= 0.6 is 11.8 Å². The number of aliphatic carboxylic acids is 1. The van der Waals surface area contributed by atoms with Gasteiger partial charge in [-0.05, 0) is 29.8 Å². The van der Waals surface area contributed by atoms with Gasteiger partial charge in [0.05, 0.1) is 25.8 Å². The van der Waals surface area contributed by atoms with Crippen molar-refractivity contribution in [1.29, 1.82) is 0 Å². The Hall–Kier alpha value is -2.80. The van der Waals surface area contributed by atoms with Gasteiger partial charge in [-0.25, -0.2) is 4.99 Å². The number of aliphatic imine (C=N–C) groups is 1. The van der Waals surface area contributed by atoms with E-state index in [1.54, 1.807) is 12.0 Å². The number of amidine groups is 1. The van der Waals surface area contributed by atoms with Crippen LogP contribution in [0.1, 0.15) is 12.0 Å². The highest BCUT2D eigenvalue weighted by molar-refractivity contribution is 8.15. The molecule has 0 saturated carbocycles. The fraction of sp³-hybridized carbons (Fsp3) is 0.211. The molecule has 1 heterocycles. The normalized spacial score (nSPS) is 18.3. The lowest BCUT2D eigenvalue weighted by atomic mass is 10.2. The van der Waals surface area contributed by atoms with Crippen LogP contribution in [0.25, 0.3) is 0 Å². The Kier molecular flexibility index (Phi) is 5.58. The van der Waals surface area contributed by atoms with Crippen LogP contribution in [0.5, 0.6) is 5.75 Å². The summed E-state index contributed by atoms with van der Waals surface area (Å²) in [6, 6.07) is 16.7. The average molecular weight is 370 g/mol. The van der Waals surface area contributed by atoms with Crippen molar-refractivity contribution in [2.24, 2.45) is 4.99 Å². The van der Waals surface area contributed by atoms with Gasteiger partial charge in [-0.3, -0.25) is 14.5 Å². The molecule has 0 spiro atoms. The number of benzene rings is 2. The number of para-hydroxylation sites is 1. The Labute approximate surface area is 155 Å². The number of methoxy groups -OCH3 is 1. The molecule has 6 nitrogen and oxygen atoms in total. The molecule has 2 aromatic rings. The van der Waals surface area contributed by atoms with Crippen molar-refractivity contribution in [3.63, 3.8) is 0 Å². The standard InChI is InChI=1S/C19H18N2O4S/c1-25-15-9-7-13(8-10-15)12-21-18(24)16(11-17(22)23)26-19(21)20-14-5-3-2-4-6-14/h2-10,16H,11-12H2,1H3,(H,22,23)/t16-/m1/s1. The molecule has 1 amide bonds. The Balaban J connectivity index is 1.87. The molecule has 1 N–H and O–H groups in total. The van der Waals surface area contributed by atoms with Crippen LogP contribution in [0, 0.1) is 0 Å². The zero-order valence-electron chi connectivity index (χ0n) is 14.2. The smallest absolute Gasteiger partial charge is 0.305 e. The van der Waals surface area contributed by atoms with E-state index in [-0.39, 0.29) is 12.3 Å². The molecule has 134 valence electrons. The van der Waals surface area contributed by atoms with E-state index in [0.29, 0.717) is 11.7 Å². The maximum Gasteiger partial charge on any atom is 0.305 e. The molecule has 0 bridgehead atoms. The van der Waals surface area contributed by atoms with Gasteiger partial charge in [-0.2, -0.15) is 0 Å². The van der Waals surface area contributed by atoms with Crippen molar-refractivity contribution in [3.8, 4) is 5.75 Å². The van der Waals surface area contributed by atoms with Gasteiger partial charge in [0.1, 0.15) is 11.0 Å². The minimum atomic E-state index is -0.999. The van der Waals surface area contributed by atoms with E-state index in [4.69, 9.17) is 9.84 Å². The van der Waals surface area contributed by atoms with E-state index in [1.165, 1.54) is 11.8 Å². The number of hydrogen-bond donors (Lipinski definition) is 1. The molecule has 1 saturated heterocycles. The predicted molar refractivity (Wildman–Crippen MR) is 101 cm³/mol. The van der Waals surface area contributed by atoms with E-state index >= 15 is 0 Å². The number of carboxylic acid groups (broad SMARTS) is 1. The predicted octanol–water partition coefficient (Wildman–Crippen LogP) is 3.30. The first-order valence-corrected chi connectivity index (χ1v) is 8.91. The van der Waals surface area contributed by atoms with Crippen LogP contribution in [-0.4, -0.2) is 39.4 Å². The van der Waals surface area contributed by atoms with Gasteiger partial charge in [-0.1, -0.05) is 42.1 Å². The maximum atomic E-state index is 12.7. The van der Waals surface area contributed by atoms with Crippen LogP contribution in [-0.2, 0) is 16.1 Å². The topological polar surface area (TPSA) is 79.2 Å². The number of carboxylic acids is 1. The lowest BCUT2D eigenvalue weighted by Gasteiger charge is -2.16. The second-order valence-electron chi connectivity index (χ2n) is 5.71. The van der Waals surface area contributed by atoms with E-state index in [1.807, 2.05) is 54.6 Å². The lowest BCUT2D eigenvalue weighted by Crippen LogP contribution is -2.32. The molecule has 0 unspecified atom stereocenters. The van der Waals surface area contributed by atoms with E-state index in [0.717, 1.165) is 17.0 Å². The van der Waals surface area contributed by atoms with E-state index in [9.17, 15) is 9.59 Å². The summed E-state index contributed by atoms with van der Waals surface area (Å²) in [5.41, 5.74) is 1.63. The molecule has 1 atom stereocenters. The van der Waals surface area contributed by atoms with Crippen LogP contribution in [0.15, 0.2) is 59.6 Å². The molecule has 7 heteroatoms. The minimum absolute atomic E-state index is 0.226. The van der Waals surface area contributed by atoms with Gasteiger partial charge >= 0.3 is 5.97 Å². The zero-order chi connectivity index (χ0) is 18.5. The van der Waals surface area contributed by atoms with Crippen LogP contribution in [0.4, 0.5) is 5.69 Å². The van der Waals surface area contributed by atoms with Gasteiger partial charge < -0.3 is 9.84 Å². The summed E-state index contributed by atoms with van der Waals surface area (Å²) in [6.07, 6.45) is -0.226. The summed E-state index contributed by atoms with van der Waals surface area (Å²) >= 11 is 1.20. The fourth-order valence-corrected chi connectivity index (χ4v) is 3.70. The summed E-state index contributed by atoms with van der Waals surface area (Å²) in [6.45, 7) is 0.331. The summed E-state index contributed by atoms with van der Waals surface area (Å²) in [5.74, 6) is -0.498. The van der Waals surface area contributed by atoms with Gasteiger partial charge in [0.15, 0.2) is 5.17 Å². The second-order valence-corrected chi connectivity index (χ2v) is 6.88. The number of amides is 1. The number of nitrogens with zero attached hydrogens (tertiary/aromatic N) is 2. The second kappa shape index (κ2) is 8.05. The SMILES string of the molecule is COc1ccc(CN2C(=O)[C@@H](CC(=O)O)SC2=Nc2ccccc2)cc1. The molecule has 0 aliphatic carbocycles. The maximum absolute atomic E-state index is 12.7. The first-order valence-electron chi connectivity index (χ1n) is 8.03. The van der Waals surface area contributed by atoms with Crippen LogP contribution < -0.4 is 4.74 Å². The number of ether oxygens (including phenoxy) is 1. The van der Waals surface area contributed by atoms with Crippen molar-refractivity contribution in [1.82, 2.24) is 4.90 Å². The van der Waals surface area contributed by atoms with Crippen molar-refractivity contribution < 1.29 is 19.4 Å². The summed E-state index contributed by atoms with van der Waals surface area (Å²) in [4.78, 5) is 29.9. The molecule has 0 radical (unpaired) electrons. The number of carbonyl (C=O) groups excluding carboxylic acids is 1. The molecule has 3 rings (SSSR count). The molecule has 1 fully saturated rings. The number of carbonyl (C=O) groups is 2. The van der Waals surface area contributed by atoms with Crippen LogP contribution in [0.3, 0.4) is 0 Å². The van der Waals surface area contributed by atoms with E-state index < -0.39 is 11.2 Å². The van der Waals surface area contributed by atoms with Gasteiger partial charge in [0, 0.05) is 0 Å². The quantitative estimate of drug-likeness (QED) is 0.844. The molecule has 1 aliphatic heterocycles. The third-order valence-electron chi connectivity index (χ3n) is 3.86. The molecule has 2 aromatic carbocycles. The highest BCUT2D eigenvalue weighted by Crippen LogP contribution is 2.32. The Morgan fingerprint density at radius 3 is 2.50 bits per heavy atom. The Morgan fingerprint density at radius 2 is 1.88 bits per heavy atom. The average Bonchev–Trinajstić information content (AvgIpc) is 2.91. The zero-order valence-corrected chi connectivity index (χ0v) is 15.0. The van der Waals surface area contributed by atoms with Gasteiger partial charge in [-0.15, -0.1) is 0 Å². The number of thioether (sulfide) groups is 1. The Morgan fingerprint density at radius 1 is 1.19 bits per heavy atom. The third kappa shape index (κ3) is 4.23. The minimum Gasteiger partial charge on any atom is -0.497 e. The first-order chi connectivity index (χ1) is 12.6. The summed E-state index contributed by atoms with van der Waals surface area (Å²) < 4.78 is 5.15. The molecule has 26 heavy (non-hydrogen) atoms. The van der Waals surface area contributed by atoms with Crippen molar-refractivity contribution in [3.05, 3.63) is 60.2 Å².